The van der Waals surface area contributed by atoms with Crippen LogP contribution in [0.15, 0.2) is 67.3 Å². The van der Waals surface area contributed by atoms with Crippen molar-refractivity contribution in [1.29, 1.82) is 0 Å². The van der Waals surface area contributed by atoms with Crippen LogP contribution in [0, 0.1) is 0 Å². The van der Waals surface area contributed by atoms with Crippen LogP contribution in [-0.2, 0) is 9.53 Å². The molecule has 4 heteroatoms. The maximum absolute atomic E-state index is 13.0. The minimum Gasteiger partial charge on any atom is -0.467 e. The number of carbonyl (C=O) groups excluding carboxylic acids is 2. The quantitative estimate of drug-likeness (QED) is 0.438. The minimum absolute atomic E-state index is 0.301. The van der Waals surface area contributed by atoms with Gasteiger partial charge in [0.15, 0.2) is 0 Å². The Hall–Kier alpha value is -3.14. The number of fused-ring (bicyclic) bond motifs is 2. The van der Waals surface area contributed by atoms with E-state index in [4.69, 9.17) is 4.74 Å². The zero-order chi connectivity index (χ0) is 17.8. The Morgan fingerprint density at radius 3 is 2.16 bits per heavy atom. The lowest BCUT2D eigenvalue weighted by atomic mass is 9.96. The number of carbonyl (C=O) groups is 2. The lowest BCUT2D eigenvalue weighted by molar-refractivity contribution is -0.142. The number of nitrogens with one attached hydrogen (secondary N) is 1. The SMILES string of the molecule is C=CC[C@@H](NC(=O)c1c2ccccc2cc2ccccc12)C(=O)OC. The van der Waals surface area contributed by atoms with Crippen LogP contribution < -0.4 is 5.32 Å². The Balaban J connectivity index is 2.13. The van der Waals surface area contributed by atoms with Gasteiger partial charge in [0.05, 0.1) is 12.7 Å². The van der Waals surface area contributed by atoms with Crippen molar-refractivity contribution in [3.8, 4) is 0 Å². The van der Waals surface area contributed by atoms with Crippen LogP contribution in [0.3, 0.4) is 0 Å². The average molecular weight is 333 g/mol. The van der Waals surface area contributed by atoms with Crippen molar-refractivity contribution < 1.29 is 14.3 Å². The summed E-state index contributed by atoms with van der Waals surface area (Å²) in [6, 6.07) is 16.7. The minimum atomic E-state index is -0.757. The molecule has 3 aromatic carbocycles. The molecule has 1 atom stereocenters. The van der Waals surface area contributed by atoms with Gasteiger partial charge in [-0.3, -0.25) is 4.79 Å². The van der Waals surface area contributed by atoms with Gasteiger partial charge in [0.25, 0.3) is 5.91 Å². The topological polar surface area (TPSA) is 55.4 Å². The molecule has 126 valence electrons. The molecule has 0 aliphatic heterocycles. The van der Waals surface area contributed by atoms with Crippen LogP contribution in [0.5, 0.6) is 0 Å². The summed E-state index contributed by atoms with van der Waals surface area (Å²) in [6.07, 6.45) is 1.89. The standard InChI is InChI=1S/C21H19NO3/c1-3-8-18(21(24)25-2)22-20(23)19-16-11-6-4-9-14(16)13-15-10-5-7-12-17(15)19/h3-7,9-13,18H,1,8H2,2H3,(H,22,23)/t18-/m1/s1. The molecule has 1 amide bonds. The number of esters is 1. The summed E-state index contributed by atoms with van der Waals surface area (Å²) in [6.45, 7) is 3.64. The Labute approximate surface area is 146 Å². The second kappa shape index (κ2) is 7.18. The first-order valence-electron chi connectivity index (χ1n) is 8.05. The van der Waals surface area contributed by atoms with Crippen molar-refractivity contribution in [1.82, 2.24) is 5.32 Å². The van der Waals surface area contributed by atoms with E-state index in [1.165, 1.54) is 7.11 Å². The smallest absolute Gasteiger partial charge is 0.328 e. The highest BCUT2D eigenvalue weighted by Gasteiger charge is 2.23. The number of ether oxygens (including phenoxy) is 1. The van der Waals surface area contributed by atoms with Gasteiger partial charge in [0.2, 0.25) is 0 Å². The van der Waals surface area contributed by atoms with Gasteiger partial charge in [0.1, 0.15) is 6.04 Å². The lowest BCUT2D eigenvalue weighted by Gasteiger charge is -2.17. The fourth-order valence-corrected chi connectivity index (χ4v) is 3.01. The molecule has 0 unspecified atom stereocenters. The molecule has 0 aliphatic carbocycles. The first kappa shape index (κ1) is 16.7. The molecule has 0 aromatic heterocycles. The summed E-state index contributed by atoms with van der Waals surface area (Å²) in [5.74, 6) is -0.789. The van der Waals surface area contributed by atoms with Crippen LogP contribution in [0.4, 0.5) is 0 Å². The number of hydrogen-bond acceptors (Lipinski definition) is 3. The zero-order valence-corrected chi connectivity index (χ0v) is 14.0. The predicted molar refractivity (Wildman–Crippen MR) is 99.5 cm³/mol. The number of rotatable bonds is 5. The Morgan fingerprint density at radius 1 is 1.08 bits per heavy atom. The van der Waals surface area contributed by atoms with E-state index in [1.807, 2.05) is 48.5 Å². The van der Waals surface area contributed by atoms with E-state index in [0.717, 1.165) is 21.5 Å². The van der Waals surface area contributed by atoms with Gasteiger partial charge in [-0.15, -0.1) is 6.58 Å². The maximum atomic E-state index is 13.0. The second-order valence-electron chi connectivity index (χ2n) is 5.77. The number of amides is 1. The van der Waals surface area contributed by atoms with Crippen LogP contribution in [0.1, 0.15) is 16.8 Å². The molecule has 25 heavy (non-hydrogen) atoms. The largest absolute Gasteiger partial charge is 0.467 e. The monoisotopic (exact) mass is 333 g/mol. The summed E-state index contributed by atoms with van der Waals surface area (Å²) in [7, 11) is 1.30. The highest BCUT2D eigenvalue weighted by atomic mass is 16.5. The molecule has 4 nitrogen and oxygen atoms in total. The first-order chi connectivity index (χ1) is 12.2. The Bertz CT molecular complexity index is 908. The highest BCUT2D eigenvalue weighted by molar-refractivity contribution is 6.18. The normalized spacial score (nSPS) is 11.9. The molecule has 0 fully saturated rings. The lowest BCUT2D eigenvalue weighted by Crippen LogP contribution is -2.41. The third kappa shape index (κ3) is 3.24. The van der Waals surface area contributed by atoms with Crippen LogP contribution >= 0.6 is 0 Å². The highest BCUT2D eigenvalue weighted by Crippen LogP contribution is 2.28. The molecule has 0 radical (unpaired) electrons. The van der Waals surface area contributed by atoms with Gasteiger partial charge in [0, 0.05) is 0 Å². The summed E-state index contributed by atoms with van der Waals surface area (Å²) in [5.41, 5.74) is 0.562. The van der Waals surface area contributed by atoms with Crippen molar-refractivity contribution in [2.75, 3.05) is 7.11 Å². The zero-order valence-electron chi connectivity index (χ0n) is 14.0. The Kier molecular flexibility index (Phi) is 4.80. The first-order valence-corrected chi connectivity index (χ1v) is 8.05. The molecule has 0 saturated heterocycles. The fraction of sp³-hybridized carbons (Fsp3) is 0.143. The van der Waals surface area contributed by atoms with Crippen molar-refractivity contribution in [3.63, 3.8) is 0 Å². The van der Waals surface area contributed by atoms with Crippen molar-refractivity contribution in [2.45, 2.75) is 12.5 Å². The molecule has 0 heterocycles. The van der Waals surface area contributed by atoms with Gasteiger partial charge in [-0.05, 0) is 34.0 Å². The fourth-order valence-electron chi connectivity index (χ4n) is 3.01. The van der Waals surface area contributed by atoms with E-state index in [2.05, 4.69) is 18.0 Å². The molecule has 1 N–H and O–H groups in total. The number of methoxy groups -OCH3 is 1. The van der Waals surface area contributed by atoms with E-state index in [0.29, 0.717) is 12.0 Å². The average Bonchev–Trinajstić information content (AvgIpc) is 2.64. The summed E-state index contributed by atoms with van der Waals surface area (Å²) < 4.78 is 4.78. The predicted octanol–water partition coefficient (Wildman–Crippen LogP) is 3.84. The van der Waals surface area contributed by atoms with E-state index in [9.17, 15) is 9.59 Å². The van der Waals surface area contributed by atoms with Crippen molar-refractivity contribution in [3.05, 3.63) is 72.8 Å². The van der Waals surface area contributed by atoms with E-state index >= 15 is 0 Å². The van der Waals surface area contributed by atoms with E-state index in [-0.39, 0.29) is 5.91 Å². The van der Waals surface area contributed by atoms with Gasteiger partial charge in [-0.25, -0.2) is 4.79 Å². The Morgan fingerprint density at radius 2 is 1.64 bits per heavy atom. The third-order valence-corrected chi connectivity index (χ3v) is 4.19. The molecule has 0 spiro atoms. The summed E-state index contributed by atoms with van der Waals surface area (Å²) in [4.78, 5) is 24.9. The van der Waals surface area contributed by atoms with E-state index < -0.39 is 12.0 Å². The van der Waals surface area contributed by atoms with Crippen LogP contribution in [0.25, 0.3) is 21.5 Å². The number of hydrogen-bond donors (Lipinski definition) is 1. The van der Waals surface area contributed by atoms with Crippen LogP contribution in [-0.4, -0.2) is 25.0 Å². The van der Waals surface area contributed by atoms with E-state index in [1.54, 1.807) is 6.08 Å². The van der Waals surface area contributed by atoms with Crippen molar-refractivity contribution in [2.24, 2.45) is 0 Å². The van der Waals surface area contributed by atoms with Gasteiger partial charge in [-0.2, -0.15) is 0 Å². The molecule has 0 aliphatic rings. The summed E-state index contributed by atoms with van der Waals surface area (Å²) >= 11 is 0. The molecular formula is C21H19NO3. The maximum Gasteiger partial charge on any atom is 0.328 e. The number of benzene rings is 3. The molecule has 3 rings (SSSR count). The second-order valence-corrected chi connectivity index (χ2v) is 5.77. The van der Waals surface area contributed by atoms with Crippen LogP contribution in [0.2, 0.25) is 0 Å². The third-order valence-electron chi connectivity index (χ3n) is 4.19. The van der Waals surface area contributed by atoms with Crippen molar-refractivity contribution >= 4 is 33.4 Å². The molecule has 0 bridgehead atoms. The molecular weight excluding hydrogens is 314 g/mol. The molecule has 3 aromatic rings. The summed E-state index contributed by atoms with van der Waals surface area (Å²) in [5, 5.41) is 6.43. The van der Waals surface area contributed by atoms with Gasteiger partial charge >= 0.3 is 5.97 Å². The van der Waals surface area contributed by atoms with Gasteiger partial charge in [-0.1, -0.05) is 54.6 Å². The van der Waals surface area contributed by atoms with Gasteiger partial charge < -0.3 is 10.1 Å². The molecule has 0 saturated carbocycles.